The third-order valence-electron chi connectivity index (χ3n) is 1.73. The van der Waals surface area contributed by atoms with Gasteiger partial charge in [-0.25, -0.2) is 9.78 Å². The number of hydrogen-bond donors (Lipinski definition) is 2. The average Bonchev–Trinajstić information content (AvgIpc) is 2.60. The van der Waals surface area contributed by atoms with E-state index in [0.717, 1.165) is 0 Å². The van der Waals surface area contributed by atoms with Crippen LogP contribution in [0.15, 0.2) is 6.33 Å². The van der Waals surface area contributed by atoms with E-state index in [9.17, 15) is 18.0 Å². The van der Waals surface area contributed by atoms with Crippen LogP contribution < -0.4 is 10.6 Å². The first-order valence-corrected chi connectivity index (χ1v) is 4.80. The lowest BCUT2D eigenvalue weighted by Gasteiger charge is -2.08. The summed E-state index contributed by atoms with van der Waals surface area (Å²) in [6, 6.07) is -0.863. The summed E-state index contributed by atoms with van der Waals surface area (Å²) < 4.78 is 36.7. The summed E-state index contributed by atoms with van der Waals surface area (Å²) >= 11 is 0. The lowest BCUT2D eigenvalue weighted by atomic mass is 10.4. The minimum absolute atomic E-state index is 0.174. The summed E-state index contributed by atoms with van der Waals surface area (Å²) in [5, 5.41) is 7.91. The van der Waals surface area contributed by atoms with Crippen molar-refractivity contribution in [2.75, 3.05) is 13.1 Å². The zero-order valence-electron chi connectivity index (χ0n) is 9.08. The highest BCUT2D eigenvalue weighted by molar-refractivity contribution is 5.73. The summed E-state index contributed by atoms with van der Waals surface area (Å²) in [4.78, 5) is 14.8. The first-order valence-electron chi connectivity index (χ1n) is 4.80. The van der Waals surface area contributed by atoms with E-state index in [1.807, 2.05) is 0 Å². The van der Waals surface area contributed by atoms with Crippen LogP contribution in [-0.4, -0.2) is 40.1 Å². The van der Waals surface area contributed by atoms with Crippen molar-refractivity contribution in [3.05, 3.63) is 12.2 Å². The molecule has 0 aliphatic rings. The molecule has 0 atom stereocenters. The normalized spacial score (nSPS) is 11.3. The van der Waals surface area contributed by atoms with Crippen LogP contribution >= 0.6 is 0 Å². The molecule has 1 aromatic rings. The Labute approximate surface area is 95.2 Å². The summed E-state index contributed by atoms with van der Waals surface area (Å²) in [7, 11) is 1.69. The maximum atomic E-state index is 11.7. The zero-order valence-corrected chi connectivity index (χ0v) is 9.08. The SMILES string of the molecule is Cn1cnc(CCNC(=O)NCC(F)(F)F)n1. The number of nitrogens with one attached hydrogen (secondary N) is 2. The molecule has 0 radical (unpaired) electrons. The molecule has 0 aliphatic carbocycles. The fourth-order valence-electron chi connectivity index (χ4n) is 1.03. The number of alkyl halides is 3. The van der Waals surface area contributed by atoms with Gasteiger partial charge in [-0.15, -0.1) is 0 Å². The molecule has 1 rings (SSSR count). The fourth-order valence-corrected chi connectivity index (χ4v) is 1.03. The summed E-state index contributed by atoms with van der Waals surface area (Å²) in [5.74, 6) is 0.517. The molecule has 0 unspecified atom stereocenters. The first kappa shape index (κ1) is 13.3. The zero-order chi connectivity index (χ0) is 12.9. The van der Waals surface area contributed by atoms with Crippen LogP contribution in [0.25, 0.3) is 0 Å². The Bertz CT molecular complexity index is 375. The standard InChI is InChI=1S/C8H12F3N5O/c1-16-5-14-6(15-16)2-3-12-7(17)13-4-8(9,10)11/h5H,2-4H2,1H3,(H2,12,13,17). The van der Waals surface area contributed by atoms with E-state index in [1.54, 1.807) is 12.4 Å². The number of carbonyl (C=O) groups is 1. The molecule has 1 aromatic heterocycles. The van der Waals surface area contributed by atoms with Crippen molar-refractivity contribution in [2.45, 2.75) is 12.6 Å². The van der Waals surface area contributed by atoms with Gasteiger partial charge in [-0.2, -0.15) is 18.3 Å². The van der Waals surface area contributed by atoms with Gasteiger partial charge in [0, 0.05) is 20.0 Å². The van der Waals surface area contributed by atoms with Crippen LogP contribution in [0, 0.1) is 0 Å². The Balaban J connectivity index is 2.16. The van der Waals surface area contributed by atoms with E-state index >= 15 is 0 Å². The number of rotatable bonds is 4. The highest BCUT2D eigenvalue weighted by Gasteiger charge is 2.27. The van der Waals surface area contributed by atoms with Crippen molar-refractivity contribution >= 4 is 6.03 Å². The van der Waals surface area contributed by atoms with Gasteiger partial charge in [0.05, 0.1) is 0 Å². The number of amides is 2. The molecule has 6 nitrogen and oxygen atoms in total. The quantitative estimate of drug-likeness (QED) is 0.804. The van der Waals surface area contributed by atoms with Crippen molar-refractivity contribution in [3.8, 4) is 0 Å². The topological polar surface area (TPSA) is 71.8 Å². The number of nitrogens with zero attached hydrogens (tertiary/aromatic N) is 3. The van der Waals surface area contributed by atoms with Gasteiger partial charge in [-0.1, -0.05) is 0 Å². The summed E-state index contributed by atoms with van der Waals surface area (Å²) in [6.45, 7) is -1.17. The van der Waals surface area contributed by atoms with Gasteiger partial charge in [0.25, 0.3) is 0 Å². The second-order valence-corrected chi connectivity index (χ2v) is 3.31. The molecule has 2 N–H and O–H groups in total. The third kappa shape index (κ3) is 5.73. The molecule has 17 heavy (non-hydrogen) atoms. The Hall–Kier alpha value is -1.80. The van der Waals surface area contributed by atoms with Crippen molar-refractivity contribution in [2.24, 2.45) is 7.05 Å². The number of aryl methyl sites for hydroxylation is 1. The maximum absolute atomic E-state index is 11.7. The summed E-state index contributed by atoms with van der Waals surface area (Å²) in [5.41, 5.74) is 0. The van der Waals surface area contributed by atoms with E-state index < -0.39 is 18.8 Å². The second kappa shape index (κ2) is 5.51. The van der Waals surface area contributed by atoms with E-state index in [2.05, 4.69) is 15.4 Å². The van der Waals surface area contributed by atoms with E-state index in [-0.39, 0.29) is 6.54 Å². The van der Waals surface area contributed by atoms with E-state index in [0.29, 0.717) is 12.2 Å². The van der Waals surface area contributed by atoms with Gasteiger partial charge in [-0.3, -0.25) is 4.68 Å². The monoisotopic (exact) mass is 251 g/mol. The fraction of sp³-hybridized carbons (Fsp3) is 0.625. The van der Waals surface area contributed by atoms with Crippen molar-refractivity contribution in [1.29, 1.82) is 0 Å². The third-order valence-corrected chi connectivity index (χ3v) is 1.73. The van der Waals surface area contributed by atoms with Gasteiger partial charge in [0.15, 0.2) is 5.82 Å². The van der Waals surface area contributed by atoms with Gasteiger partial charge in [0.2, 0.25) is 0 Å². The molecule has 0 bridgehead atoms. The number of carbonyl (C=O) groups excluding carboxylic acids is 1. The Morgan fingerprint density at radius 3 is 2.71 bits per heavy atom. The Morgan fingerprint density at radius 1 is 1.47 bits per heavy atom. The molecule has 0 saturated heterocycles. The molecule has 1 heterocycles. The van der Waals surface area contributed by atoms with Crippen molar-refractivity contribution in [1.82, 2.24) is 25.4 Å². The number of halogens is 3. The molecule has 0 spiro atoms. The molecule has 0 aromatic carbocycles. The maximum Gasteiger partial charge on any atom is 0.405 e. The lowest BCUT2D eigenvalue weighted by molar-refractivity contribution is -0.122. The van der Waals surface area contributed by atoms with Crippen molar-refractivity contribution < 1.29 is 18.0 Å². The van der Waals surface area contributed by atoms with Crippen LogP contribution in [0.1, 0.15) is 5.82 Å². The van der Waals surface area contributed by atoms with Crippen LogP contribution in [0.2, 0.25) is 0 Å². The number of urea groups is 1. The Morgan fingerprint density at radius 2 is 2.18 bits per heavy atom. The molecule has 2 amide bonds. The number of aromatic nitrogens is 3. The predicted octanol–water partition coefficient (Wildman–Crippen LogP) is 0.219. The molecule has 96 valence electrons. The molecule has 0 fully saturated rings. The first-order chi connectivity index (χ1) is 7.87. The largest absolute Gasteiger partial charge is 0.405 e. The van der Waals surface area contributed by atoms with Gasteiger partial charge in [-0.05, 0) is 0 Å². The smallest absolute Gasteiger partial charge is 0.338 e. The van der Waals surface area contributed by atoms with Gasteiger partial charge < -0.3 is 10.6 Å². The number of hydrogen-bond acceptors (Lipinski definition) is 3. The van der Waals surface area contributed by atoms with E-state index in [4.69, 9.17) is 0 Å². The van der Waals surface area contributed by atoms with Gasteiger partial charge in [0.1, 0.15) is 12.9 Å². The summed E-state index contributed by atoms with van der Waals surface area (Å²) in [6.07, 6.45) is -2.54. The highest BCUT2D eigenvalue weighted by atomic mass is 19.4. The van der Waals surface area contributed by atoms with Crippen molar-refractivity contribution in [3.63, 3.8) is 0 Å². The van der Waals surface area contributed by atoms with Gasteiger partial charge >= 0.3 is 12.2 Å². The van der Waals surface area contributed by atoms with Crippen LogP contribution in [0.5, 0.6) is 0 Å². The molecule has 0 saturated carbocycles. The van der Waals surface area contributed by atoms with Crippen LogP contribution in [-0.2, 0) is 13.5 Å². The van der Waals surface area contributed by atoms with Crippen LogP contribution in [0.3, 0.4) is 0 Å². The molecule has 0 aliphatic heterocycles. The predicted molar refractivity (Wildman–Crippen MR) is 52.2 cm³/mol. The molecular formula is C8H12F3N5O. The minimum Gasteiger partial charge on any atom is -0.338 e. The Kier molecular flexibility index (Phi) is 4.30. The lowest BCUT2D eigenvalue weighted by Crippen LogP contribution is -2.41. The molecule has 9 heteroatoms. The highest BCUT2D eigenvalue weighted by Crippen LogP contribution is 2.11. The molecular weight excluding hydrogens is 239 g/mol. The average molecular weight is 251 g/mol. The second-order valence-electron chi connectivity index (χ2n) is 3.31. The minimum atomic E-state index is -4.40. The van der Waals surface area contributed by atoms with E-state index in [1.165, 1.54) is 11.0 Å². The van der Waals surface area contributed by atoms with Crippen LogP contribution in [0.4, 0.5) is 18.0 Å².